The Morgan fingerprint density at radius 1 is 1.47 bits per heavy atom. The van der Waals surface area contributed by atoms with Crippen LogP contribution in [0.3, 0.4) is 0 Å². The number of nitrogens with zero attached hydrogens (tertiary/aromatic N) is 2. The van der Waals surface area contributed by atoms with Gasteiger partial charge in [0.05, 0.1) is 5.69 Å². The van der Waals surface area contributed by atoms with E-state index < -0.39 is 0 Å². The molecule has 0 saturated carbocycles. The maximum Gasteiger partial charge on any atom is 0.217 e. The van der Waals surface area contributed by atoms with Crippen molar-refractivity contribution in [1.82, 2.24) is 4.98 Å². The lowest BCUT2D eigenvalue weighted by Crippen LogP contribution is -2.35. The van der Waals surface area contributed by atoms with Gasteiger partial charge < -0.3 is 16.4 Å². The molecule has 1 aromatic rings. The van der Waals surface area contributed by atoms with Crippen LogP contribution in [0.1, 0.15) is 19.3 Å². The van der Waals surface area contributed by atoms with Crippen LogP contribution in [0.15, 0.2) is 18.3 Å². The highest BCUT2D eigenvalue weighted by Crippen LogP contribution is 2.27. The summed E-state index contributed by atoms with van der Waals surface area (Å²) < 4.78 is 0. The quantitative estimate of drug-likeness (QED) is 0.808. The van der Waals surface area contributed by atoms with Crippen LogP contribution in [0, 0.1) is 5.92 Å². The zero-order chi connectivity index (χ0) is 12.3. The van der Waals surface area contributed by atoms with E-state index in [1.807, 2.05) is 12.1 Å². The highest BCUT2D eigenvalue weighted by Gasteiger charge is 2.21. The summed E-state index contributed by atoms with van der Waals surface area (Å²) >= 11 is 0. The van der Waals surface area contributed by atoms with E-state index in [1.54, 1.807) is 6.20 Å². The predicted molar refractivity (Wildman–Crippen MR) is 67.4 cm³/mol. The third kappa shape index (κ3) is 2.87. The Labute approximate surface area is 101 Å². The summed E-state index contributed by atoms with van der Waals surface area (Å²) in [6, 6.07) is 3.87. The minimum Gasteiger partial charge on any atom is -0.382 e. The van der Waals surface area contributed by atoms with E-state index in [2.05, 4.69) is 9.88 Å². The summed E-state index contributed by atoms with van der Waals surface area (Å²) in [5.74, 6) is 0.784. The molecule has 2 heterocycles. The summed E-state index contributed by atoms with van der Waals surface area (Å²) in [6.45, 7) is 1.82. The second-order valence-corrected chi connectivity index (χ2v) is 4.51. The van der Waals surface area contributed by atoms with Gasteiger partial charge in [-0.15, -0.1) is 0 Å². The van der Waals surface area contributed by atoms with Gasteiger partial charge >= 0.3 is 0 Å². The van der Waals surface area contributed by atoms with E-state index in [-0.39, 0.29) is 5.91 Å². The number of pyridine rings is 1. The van der Waals surface area contributed by atoms with E-state index in [0.29, 0.717) is 18.2 Å². The SMILES string of the molecule is NC(=O)CC1CCN(c2cccnc2N)CC1. The van der Waals surface area contributed by atoms with Gasteiger partial charge in [0.25, 0.3) is 0 Å². The van der Waals surface area contributed by atoms with Crippen molar-refractivity contribution >= 4 is 17.4 Å². The van der Waals surface area contributed by atoms with Crippen LogP contribution in [0.2, 0.25) is 0 Å². The van der Waals surface area contributed by atoms with Gasteiger partial charge in [-0.3, -0.25) is 4.79 Å². The molecule has 0 bridgehead atoms. The monoisotopic (exact) mass is 234 g/mol. The van der Waals surface area contributed by atoms with Crippen LogP contribution in [0.5, 0.6) is 0 Å². The maximum atomic E-state index is 10.9. The molecule has 2 rings (SSSR count). The minimum atomic E-state index is -0.204. The summed E-state index contributed by atoms with van der Waals surface area (Å²) in [6.07, 6.45) is 4.16. The minimum absolute atomic E-state index is 0.204. The third-order valence-corrected chi connectivity index (χ3v) is 3.26. The molecular formula is C12H18N4O. The van der Waals surface area contributed by atoms with E-state index in [9.17, 15) is 4.79 Å². The predicted octanol–water partition coefficient (Wildman–Crippen LogP) is 0.756. The van der Waals surface area contributed by atoms with Crippen molar-refractivity contribution < 1.29 is 4.79 Å². The number of rotatable bonds is 3. The maximum absolute atomic E-state index is 10.9. The number of primary amides is 1. The van der Waals surface area contributed by atoms with E-state index in [4.69, 9.17) is 11.5 Å². The van der Waals surface area contributed by atoms with Crippen LogP contribution in [0.4, 0.5) is 11.5 Å². The molecule has 1 saturated heterocycles. The van der Waals surface area contributed by atoms with Crippen molar-refractivity contribution in [3.8, 4) is 0 Å². The summed E-state index contributed by atoms with van der Waals surface area (Å²) in [4.78, 5) is 17.2. The Bertz CT molecular complexity index is 399. The number of nitrogen functional groups attached to an aromatic ring is 1. The molecule has 1 aliphatic rings. The fourth-order valence-electron chi connectivity index (χ4n) is 2.34. The lowest BCUT2D eigenvalue weighted by molar-refractivity contribution is -0.119. The van der Waals surface area contributed by atoms with Crippen molar-refractivity contribution in [2.75, 3.05) is 23.7 Å². The van der Waals surface area contributed by atoms with Crippen molar-refractivity contribution in [3.05, 3.63) is 18.3 Å². The highest BCUT2D eigenvalue weighted by atomic mass is 16.1. The first-order valence-corrected chi connectivity index (χ1v) is 5.90. The molecular weight excluding hydrogens is 216 g/mol. The number of hydrogen-bond donors (Lipinski definition) is 2. The van der Waals surface area contributed by atoms with Gasteiger partial charge in [-0.1, -0.05) is 0 Å². The standard InChI is InChI=1S/C12H18N4O/c13-11(17)8-9-3-6-16(7-4-9)10-2-1-5-15-12(10)14/h1-2,5,9H,3-4,6-8H2,(H2,13,17)(H2,14,15). The van der Waals surface area contributed by atoms with Gasteiger partial charge in [0, 0.05) is 25.7 Å². The molecule has 1 fully saturated rings. The van der Waals surface area contributed by atoms with Gasteiger partial charge in [0.15, 0.2) is 0 Å². The molecule has 0 spiro atoms. The van der Waals surface area contributed by atoms with Crippen LogP contribution in [-0.4, -0.2) is 24.0 Å². The van der Waals surface area contributed by atoms with Crippen molar-refractivity contribution in [1.29, 1.82) is 0 Å². The first-order chi connectivity index (χ1) is 8.16. The average Bonchev–Trinajstić information content (AvgIpc) is 2.30. The first kappa shape index (κ1) is 11.7. The number of carbonyl (C=O) groups is 1. The van der Waals surface area contributed by atoms with Crippen LogP contribution in [-0.2, 0) is 4.79 Å². The second kappa shape index (κ2) is 5.03. The number of nitrogens with two attached hydrogens (primary N) is 2. The fourth-order valence-corrected chi connectivity index (χ4v) is 2.34. The van der Waals surface area contributed by atoms with Crippen LogP contribution >= 0.6 is 0 Å². The van der Waals surface area contributed by atoms with Gasteiger partial charge in [0.2, 0.25) is 5.91 Å². The molecule has 0 atom stereocenters. The van der Waals surface area contributed by atoms with Crippen molar-refractivity contribution in [2.45, 2.75) is 19.3 Å². The van der Waals surface area contributed by atoms with Crippen LogP contribution < -0.4 is 16.4 Å². The molecule has 0 unspecified atom stereocenters. The number of hydrogen-bond acceptors (Lipinski definition) is 4. The summed E-state index contributed by atoms with van der Waals surface area (Å²) in [5.41, 5.74) is 12.0. The molecule has 92 valence electrons. The summed E-state index contributed by atoms with van der Waals surface area (Å²) in [7, 11) is 0. The Balaban J connectivity index is 1.95. The fraction of sp³-hybridized carbons (Fsp3) is 0.500. The molecule has 0 aromatic carbocycles. The lowest BCUT2D eigenvalue weighted by atomic mass is 9.93. The van der Waals surface area contributed by atoms with Crippen molar-refractivity contribution in [2.24, 2.45) is 11.7 Å². The number of aromatic nitrogens is 1. The molecule has 1 amide bonds. The molecule has 0 radical (unpaired) electrons. The van der Waals surface area contributed by atoms with Crippen LogP contribution in [0.25, 0.3) is 0 Å². The average molecular weight is 234 g/mol. The lowest BCUT2D eigenvalue weighted by Gasteiger charge is -2.33. The number of carbonyl (C=O) groups excluding carboxylic acids is 1. The molecule has 1 aliphatic heterocycles. The van der Waals surface area contributed by atoms with E-state index >= 15 is 0 Å². The van der Waals surface area contributed by atoms with Crippen molar-refractivity contribution in [3.63, 3.8) is 0 Å². The third-order valence-electron chi connectivity index (χ3n) is 3.26. The van der Waals surface area contributed by atoms with Gasteiger partial charge in [-0.25, -0.2) is 4.98 Å². The number of piperidine rings is 1. The zero-order valence-corrected chi connectivity index (χ0v) is 9.80. The first-order valence-electron chi connectivity index (χ1n) is 5.90. The Kier molecular flexibility index (Phi) is 3.46. The summed E-state index contributed by atoms with van der Waals surface area (Å²) in [5, 5.41) is 0. The molecule has 5 heteroatoms. The van der Waals surface area contributed by atoms with Gasteiger partial charge in [-0.2, -0.15) is 0 Å². The molecule has 4 N–H and O–H groups in total. The van der Waals surface area contributed by atoms with E-state index in [1.165, 1.54) is 0 Å². The molecule has 1 aromatic heterocycles. The topological polar surface area (TPSA) is 85.2 Å². The molecule has 5 nitrogen and oxygen atoms in total. The van der Waals surface area contributed by atoms with Gasteiger partial charge in [-0.05, 0) is 30.9 Å². The number of anilines is 2. The normalized spacial score (nSPS) is 17.1. The van der Waals surface area contributed by atoms with Gasteiger partial charge in [0.1, 0.15) is 5.82 Å². The Morgan fingerprint density at radius 2 is 2.18 bits per heavy atom. The second-order valence-electron chi connectivity index (χ2n) is 4.51. The smallest absolute Gasteiger partial charge is 0.217 e. The molecule has 17 heavy (non-hydrogen) atoms. The Hall–Kier alpha value is -1.78. The largest absolute Gasteiger partial charge is 0.382 e. The molecule has 0 aliphatic carbocycles. The van der Waals surface area contributed by atoms with E-state index in [0.717, 1.165) is 31.6 Å². The number of amides is 1. The highest BCUT2D eigenvalue weighted by molar-refractivity contribution is 5.74. The Morgan fingerprint density at radius 3 is 2.76 bits per heavy atom. The zero-order valence-electron chi connectivity index (χ0n) is 9.80.